The zero-order chi connectivity index (χ0) is 46.5. The Hall–Kier alpha value is -4.79. The normalized spacial score (nSPS) is 17.1. The van der Waals surface area contributed by atoms with E-state index in [-0.39, 0.29) is 49.8 Å². The first-order valence-corrected chi connectivity index (χ1v) is 21.8. The zero-order valence-corrected chi connectivity index (χ0v) is 37.0. The van der Waals surface area contributed by atoms with E-state index in [2.05, 4.69) is 38.8 Å². The van der Waals surface area contributed by atoms with Gasteiger partial charge in [-0.15, -0.1) is 0 Å². The minimum absolute atomic E-state index is 0.00150. The van der Waals surface area contributed by atoms with Crippen LogP contribution >= 0.6 is 0 Å². The third-order valence-electron chi connectivity index (χ3n) is 10.5. The topological polar surface area (TPSA) is 296 Å². The van der Waals surface area contributed by atoms with E-state index in [0.29, 0.717) is 18.4 Å². The van der Waals surface area contributed by atoms with Crippen molar-refractivity contribution in [2.45, 2.75) is 167 Å². The lowest BCUT2D eigenvalue weighted by molar-refractivity contribution is -0.145. The van der Waals surface area contributed by atoms with Crippen molar-refractivity contribution in [1.82, 2.24) is 36.8 Å². The summed E-state index contributed by atoms with van der Waals surface area (Å²) in [6.45, 7) is 9.86. The quantitative estimate of drug-likeness (QED) is 0.0392. The molecule has 8 atom stereocenters. The first-order chi connectivity index (χ1) is 29.2. The van der Waals surface area contributed by atoms with Gasteiger partial charge < -0.3 is 62.2 Å². The lowest BCUT2D eigenvalue weighted by Crippen LogP contribution is -2.62. The Labute approximate surface area is 365 Å². The van der Waals surface area contributed by atoms with Gasteiger partial charge in [0.05, 0.1) is 18.7 Å². The smallest absolute Gasteiger partial charge is 0.472 e. The number of phenolic OH excluding ortho intramolecular Hbond substituents is 1. The number of aromatic hydroxyl groups is 1. The summed E-state index contributed by atoms with van der Waals surface area (Å²) in [6.07, 6.45) is 4.76. The first-order valence-electron chi connectivity index (χ1n) is 21.8. The van der Waals surface area contributed by atoms with E-state index in [4.69, 9.17) is 0 Å². The fourth-order valence-corrected chi connectivity index (χ4v) is 7.05. The number of amides is 7. The summed E-state index contributed by atoms with van der Waals surface area (Å²) in [7, 11) is -1.86. The molecule has 1 aromatic carbocycles. The van der Waals surface area contributed by atoms with Crippen molar-refractivity contribution >= 4 is 48.5 Å². The van der Waals surface area contributed by atoms with Crippen LogP contribution in [-0.2, 0) is 40.0 Å². The highest BCUT2D eigenvalue weighted by Gasteiger charge is 2.41. The first kappa shape index (κ1) is 53.4. The third-order valence-corrected chi connectivity index (χ3v) is 10.5. The van der Waals surface area contributed by atoms with Crippen LogP contribution < -0.4 is 31.9 Å². The van der Waals surface area contributed by atoms with E-state index in [0.717, 1.165) is 32.1 Å². The third kappa shape index (κ3) is 18.7. The Morgan fingerprint density at radius 2 is 1.34 bits per heavy atom. The van der Waals surface area contributed by atoms with E-state index in [1.807, 2.05) is 13.8 Å². The van der Waals surface area contributed by atoms with Gasteiger partial charge >= 0.3 is 7.12 Å². The number of likely N-dealkylation sites (tertiary alicyclic amines) is 1. The predicted octanol–water partition coefficient (Wildman–Crippen LogP) is -0.554. The molecule has 1 aliphatic rings. The maximum Gasteiger partial charge on any atom is 0.472 e. The van der Waals surface area contributed by atoms with Gasteiger partial charge in [-0.2, -0.15) is 0 Å². The molecule has 62 heavy (non-hydrogen) atoms. The molecule has 1 heterocycles. The molecule has 2 rings (SSSR count). The van der Waals surface area contributed by atoms with Gasteiger partial charge in [0.1, 0.15) is 42.0 Å². The van der Waals surface area contributed by atoms with Crippen LogP contribution in [0.25, 0.3) is 0 Å². The van der Waals surface area contributed by atoms with Crippen molar-refractivity contribution in [2.24, 2.45) is 5.92 Å². The van der Waals surface area contributed by atoms with E-state index >= 15 is 0 Å². The van der Waals surface area contributed by atoms with Gasteiger partial charge in [-0.1, -0.05) is 71.4 Å². The standard InChI is InChI=1S/C42H70BN7O12/c1-7-8-9-10-11-12-13-16-34(54)46-31(22-25(2)3)39(57)49-36(28(6)52)42(60)50-21-14-15-33(50)40(58)48-35(27(5)51)41(59)45-26(4)37(55)47-32(38(56)44-24-43(61)62)23-29-17-19-30(53)20-18-29/h17-20,25-28,31-33,35-36,51-53,61-62H,7-16,21-24H2,1-6H3,(H,44,56)(H,45,59)(H,46,54)(H,47,55)(H,48,58)(H,49,57)/t26-,27?,28?,31-,32-,33+,35-,36-/m0/s1. The summed E-state index contributed by atoms with van der Waals surface area (Å²) in [5, 5.41) is 64.3. The zero-order valence-electron chi connectivity index (χ0n) is 37.0. The molecule has 7 amide bonds. The van der Waals surface area contributed by atoms with Crippen molar-refractivity contribution in [1.29, 1.82) is 0 Å². The SMILES string of the molecule is CCCCCCCCCC(=O)N[C@@H](CC(C)C)C(=O)N[C@H](C(=O)N1CCC[C@@H]1C(=O)N[C@H](C(=O)N[C@@H](C)C(=O)N[C@@H](Cc1ccc(O)cc1)C(=O)NCB(O)O)C(C)O)C(C)O. The molecule has 0 spiro atoms. The number of aliphatic hydroxyl groups excluding tert-OH is 2. The summed E-state index contributed by atoms with van der Waals surface area (Å²) in [6, 6.07) is -1.97. The molecule has 2 unspecified atom stereocenters. The summed E-state index contributed by atoms with van der Waals surface area (Å²) in [5.41, 5.74) is 0.538. The Morgan fingerprint density at radius 1 is 0.726 bits per heavy atom. The van der Waals surface area contributed by atoms with Crippen molar-refractivity contribution in [3.63, 3.8) is 0 Å². The molecule has 19 nitrogen and oxygen atoms in total. The van der Waals surface area contributed by atoms with Gasteiger partial charge in [0.2, 0.25) is 41.4 Å². The highest BCUT2D eigenvalue weighted by Crippen LogP contribution is 2.21. The molecule has 0 bridgehead atoms. The largest absolute Gasteiger partial charge is 0.508 e. The number of unbranched alkanes of at least 4 members (excludes halogenated alkanes) is 6. The number of aliphatic hydroxyl groups is 2. The maximum absolute atomic E-state index is 13.9. The van der Waals surface area contributed by atoms with Gasteiger partial charge in [0.15, 0.2) is 0 Å². The van der Waals surface area contributed by atoms with Crippen molar-refractivity contribution < 1.29 is 58.9 Å². The van der Waals surface area contributed by atoms with Crippen LogP contribution in [0.4, 0.5) is 0 Å². The summed E-state index contributed by atoms with van der Waals surface area (Å²) in [4.78, 5) is 94.8. The average Bonchev–Trinajstić information content (AvgIpc) is 3.70. The van der Waals surface area contributed by atoms with Crippen LogP contribution in [0.15, 0.2) is 24.3 Å². The van der Waals surface area contributed by atoms with E-state index in [9.17, 15) is 58.9 Å². The molecule has 1 aromatic rings. The molecular weight excluding hydrogens is 805 g/mol. The number of rotatable bonds is 27. The van der Waals surface area contributed by atoms with Crippen molar-refractivity contribution in [3.05, 3.63) is 29.8 Å². The molecule has 348 valence electrons. The van der Waals surface area contributed by atoms with Gasteiger partial charge in [0, 0.05) is 19.4 Å². The highest BCUT2D eigenvalue weighted by atomic mass is 16.4. The van der Waals surface area contributed by atoms with E-state index in [1.54, 1.807) is 0 Å². The lowest BCUT2D eigenvalue weighted by Gasteiger charge is -2.32. The van der Waals surface area contributed by atoms with Crippen LogP contribution in [0.2, 0.25) is 0 Å². The summed E-state index contributed by atoms with van der Waals surface area (Å²) >= 11 is 0. The predicted molar refractivity (Wildman–Crippen MR) is 231 cm³/mol. The molecule has 0 aliphatic carbocycles. The molecule has 0 radical (unpaired) electrons. The molecule has 0 saturated carbocycles. The van der Waals surface area contributed by atoms with Crippen molar-refractivity contribution in [2.75, 3.05) is 13.0 Å². The summed E-state index contributed by atoms with van der Waals surface area (Å²) < 4.78 is 0. The number of carbonyl (C=O) groups excluding carboxylic acids is 7. The Balaban J connectivity index is 2.11. The Morgan fingerprint density at radius 3 is 1.92 bits per heavy atom. The highest BCUT2D eigenvalue weighted by molar-refractivity contribution is 6.41. The second kappa shape index (κ2) is 27.3. The molecule has 1 fully saturated rings. The number of hydrogen-bond donors (Lipinski definition) is 11. The van der Waals surface area contributed by atoms with Crippen molar-refractivity contribution in [3.8, 4) is 5.75 Å². The second-order valence-corrected chi connectivity index (χ2v) is 16.7. The Bertz CT molecular complexity index is 1610. The minimum Gasteiger partial charge on any atom is -0.508 e. The maximum atomic E-state index is 13.9. The van der Waals surface area contributed by atoms with Crippen LogP contribution in [0.5, 0.6) is 5.75 Å². The number of phenols is 1. The second-order valence-electron chi connectivity index (χ2n) is 16.7. The van der Waals surface area contributed by atoms with Gasteiger partial charge in [-0.25, -0.2) is 0 Å². The molecule has 20 heteroatoms. The minimum atomic E-state index is -1.86. The number of carbonyl (C=O) groups is 7. The van der Waals surface area contributed by atoms with E-state index < -0.39 is 97.5 Å². The molecular formula is C42H70BN7O12. The average molecular weight is 876 g/mol. The van der Waals surface area contributed by atoms with Crippen LogP contribution in [0.3, 0.4) is 0 Å². The number of nitrogens with one attached hydrogen (secondary N) is 6. The summed E-state index contributed by atoms with van der Waals surface area (Å²) in [5.74, 6) is -5.11. The molecule has 1 aliphatic heterocycles. The molecule has 0 aromatic heterocycles. The monoisotopic (exact) mass is 876 g/mol. The Kier molecular flexibility index (Phi) is 23.5. The number of benzene rings is 1. The van der Waals surface area contributed by atoms with Crippen LogP contribution in [0, 0.1) is 5.92 Å². The van der Waals surface area contributed by atoms with Gasteiger partial charge in [-0.05, 0) is 70.1 Å². The molecule has 11 N–H and O–H groups in total. The lowest BCUT2D eigenvalue weighted by atomic mass is 9.92. The number of nitrogens with zero attached hydrogens (tertiary/aromatic N) is 1. The molecule has 1 saturated heterocycles. The van der Waals surface area contributed by atoms with Crippen LogP contribution in [0.1, 0.15) is 118 Å². The van der Waals surface area contributed by atoms with Gasteiger partial charge in [-0.3, -0.25) is 33.6 Å². The van der Waals surface area contributed by atoms with Crippen LogP contribution in [-0.4, -0.2) is 140 Å². The fraction of sp³-hybridized carbons (Fsp3) is 0.690. The number of hydrogen-bond acceptors (Lipinski definition) is 12. The van der Waals surface area contributed by atoms with E-state index in [1.165, 1.54) is 56.4 Å². The van der Waals surface area contributed by atoms with Gasteiger partial charge in [0.25, 0.3) is 0 Å². The fourth-order valence-electron chi connectivity index (χ4n) is 7.05.